The molecule has 1 aliphatic rings. The second kappa shape index (κ2) is 7.18. The predicted molar refractivity (Wildman–Crippen MR) is 80.9 cm³/mol. The molecule has 20 heavy (non-hydrogen) atoms. The summed E-state index contributed by atoms with van der Waals surface area (Å²) in [5.41, 5.74) is 1.12. The van der Waals surface area contributed by atoms with E-state index in [1.54, 1.807) is 19.4 Å². The monoisotopic (exact) mass is 296 g/mol. The highest BCUT2D eigenvalue weighted by atomic mass is 32.2. The molecule has 0 amide bonds. The number of nitrogens with zero attached hydrogens (tertiary/aromatic N) is 2. The van der Waals surface area contributed by atoms with Gasteiger partial charge in [-0.25, -0.2) is 12.7 Å². The highest BCUT2D eigenvalue weighted by molar-refractivity contribution is 7.89. The molecule has 0 N–H and O–H groups in total. The molecule has 0 aromatic carbocycles. The van der Waals surface area contributed by atoms with Crippen LogP contribution >= 0.6 is 0 Å². The van der Waals surface area contributed by atoms with Crippen molar-refractivity contribution in [2.24, 2.45) is 5.92 Å². The van der Waals surface area contributed by atoms with Crippen LogP contribution in [0, 0.1) is 5.92 Å². The van der Waals surface area contributed by atoms with E-state index in [-0.39, 0.29) is 0 Å². The average molecular weight is 296 g/mol. The molecule has 1 aromatic rings. The minimum Gasteiger partial charge on any atom is -0.265 e. The van der Waals surface area contributed by atoms with Gasteiger partial charge < -0.3 is 0 Å². The van der Waals surface area contributed by atoms with Crippen molar-refractivity contribution < 1.29 is 8.42 Å². The normalized spacial score (nSPS) is 17.5. The van der Waals surface area contributed by atoms with Gasteiger partial charge in [0.2, 0.25) is 10.0 Å². The summed E-state index contributed by atoms with van der Waals surface area (Å²) >= 11 is 0. The highest BCUT2D eigenvalue weighted by Crippen LogP contribution is 2.25. The van der Waals surface area contributed by atoms with Crippen LogP contribution in [0.15, 0.2) is 24.5 Å². The third-order valence-electron chi connectivity index (χ3n) is 4.11. The Morgan fingerprint density at radius 1 is 1.20 bits per heavy atom. The van der Waals surface area contributed by atoms with Gasteiger partial charge in [-0.3, -0.25) is 4.98 Å². The van der Waals surface area contributed by atoms with Crippen LogP contribution in [0.5, 0.6) is 0 Å². The van der Waals surface area contributed by atoms with E-state index in [2.05, 4.69) is 4.98 Å². The van der Waals surface area contributed by atoms with Crippen molar-refractivity contribution in [1.82, 2.24) is 9.29 Å². The zero-order valence-electron chi connectivity index (χ0n) is 12.2. The largest absolute Gasteiger partial charge is 0.265 e. The molecule has 0 spiro atoms. The number of hydrogen-bond donors (Lipinski definition) is 0. The van der Waals surface area contributed by atoms with Gasteiger partial charge in [0, 0.05) is 26.0 Å². The van der Waals surface area contributed by atoms with E-state index in [0.29, 0.717) is 18.2 Å². The zero-order chi connectivity index (χ0) is 14.4. The maximum absolute atomic E-state index is 12.3. The summed E-state index contributed by atoms with van der Waals surface area (Å²) in [6.45, 7) is 0.541. The standard InChI is InChI=1S/C15H24N2O2S/c1-17(12-9-14-7-10-16-11-8-14)20(18,19)13-15-5-3-2-4-6-15/h7-8,10-11,15H,2-6,9,12-13H2,1H3. The third kappa shape index (κ3) is 4.56. The van der Waals surface area contributed by atoms with Crippen LogP contribution in [0.1, 0.15) is 37.7 Å². The number of rotatable bonds is 6. The Kier molecular flexibility index (Phi) is 5.54. The summed E-state index contributed by atoms with van der Waals surface area (Å²) in [5.74, 6) is 0.678. The van der Waals surface area contributed by atoms with Crippen molar-refractivity contribution >= 4 is 10.0 Å². The maximum Gasteiger partial charge on any atom is 0.214 e. The van der Waals surface area contributed by atoms with Crippen LogP contribution in [0.2, 0.25) is 0 Å². The van der Waals surface area contributed by atoms with Crippen LogP contribution in [-0.4, -0.2) is 37.1 Å². The summed E-state index contributed by atoms with van der Waals surface area (Å²) in [6, 6.07) is 3.86. The Bertz CT molecular complexity index is 496. The number of aromatic nitrogens is 1. The fraction of sp³-hybridized carbons (Fsp3) is 0.667. The lowest BCUT2D eigenvalue weighted by atomic mass is 9.91. The highest BCUT2D eigenvalue weighted by Gasteiger charge is 2.24. The van der Waals surface area contributed by atoms with Crippen LogP contribution in [0.4, 0.5) is 0 Å². The molecule has 0 unspecified atom stereocenters. The first-order valence-electron chi connectivity index (χ1n) is 7.41. The van der Waals surface area contributed by atoms with E-state index in [0.717, 1.165) is 24.8 Å². The topological polar surface area (TPSA) is 50.3 Å². The van der Waals surface area contributed by atoms with Crippen molar-refractivity contribution in [3.05, 3.63) is 30.1 Å². The van der Waals surface area contributed by atoms with Crippen LogP contribution in [0.25, 0.3) is 0 Å². The van der Waals surface area contributed by atoms with Crippen molar-refractivity contribution in [3.63, 3.8) is 0 Å². The number of hydrogen-bond acceptors (Lipinski definition) is 3. The maximum atomic E-state index is 12.3. The molecule has 0 radical (unpaired) electrons. The van der Waals surface area contributed by atoms with E-state index in [1.807, 2.05) is 12.1 Å². The fourth-order valence-electron chi connectivity index (χ4n) is 2.75. The Morgan fingerprint density at radius 3 is 2.50 bits per heavy atom. The Labute approximate surface area is 122 Å². The first-order chi connectivity index (χ1) is 9.58. The third-order valence-corrected chi connectivity index (χ3v) is 6.14. The van der Waals surface area contributed by atoms with E-state index in [1.165, 1.54) is 23.6 Å². The predicted octanol–water partition coefficient (Wildman–Crippen LogP) is 2.47. The fourth-order valence-corrected chi connectivity index (χ4v) is 4.31. The molecule has 1 aromatic heterocycles. The quantitative estimate of drug-likeness (QED) is 0.810. The summed E-state index contributed by atoms with van der Waals surface area (Å²) in [4.78, 5) is 3.97. The van der Waals surface area contributed by atoms with Gasteiger partial charge in [0.05, 0.1) is 5.75 Å². The number of pyridine rings is 1. The molecule has 1 fully saturated rings. The van der Waals surface area contributed by atoms with Gasteiger partial charge in [0.25, 0.3) is 0 Å². The van der Waals surface area contributed by atoms with Gasteiger partial charge in [0.15, 0.2) is 0 Å². The van der Waals surface area contributed by atoms with Gasteiger partial charge >= 0.3 is 0 Å². The van der Waals surface area contributed by atoms with E-state index in [9.17, 15) is 8.42 Å². The second-order valence-corrected chi connectivity index (χ2v) is 7.83. The lowest BCUT2D eigenvalue weighted by molar-refractivity contribution is 0.375. The Morgan fingerprint density at radius 2 is 1.85 bits per heavy atom. The molecule has 1 aliphatic carbocycles. The van der Waals surface area contributed by atoms with Gasteiger partial charge in [0.1, 0.15) is 0 Å². The molecular formula is C15H24N2O2S. The molecule has 0 bridgehead atoms. The average Bonchev–Trinajstić information content (AvgIpc) is 2.46. The lowest BCUT2D eigenvalue weighted by Crippen LogP contribution is -2.34. The summed E-state index contributed by atoms with van der Waals surface area (Å²) in [7, 11) is -1.42. The van der Waals surface area contributed by atoms with Crippen LogP contribution in [-0.2, 0) is 16.4 Å². The smallest absolute Gasteiger partial charge is 0.214 e. The molecule has 0 aliphatic heterocycles. The molecule has 4 nitrogen and oxygen atoms in total. The van der Waals surface area contributed by atoms with E-state index < -0.39 is 10.0 Å². The summed E-state index contributed by atoms with van der Waals surface area (Å²) in [6.07, 6.45) is 9.98. The molecule has 112 valence electrons. The second-order valence-electron chi connectivity index (χ2n) is 5.71. The molecule has 2 rings (SSSR count). The SMILES string of the molecule is CN(CCc1ccncc1)S(=O)(=O)CC1CCCCC1. The van der Waals surface area contributed by atoms with E-state index in [4.69, 9.17) is 0 Å². The Hall–Kier alpha value is -0.940. The molecular weight excluding hydrogens is 272 g/mol. The minimum absolute atomic E-state index is 0.319. The van der Waals surface area contributed by atoms with Gasteiger partial charge in [-0.15, -0.1) is 0 Å². The van der Waals surface area contributed by atoms with Gasteiger partial charge in [-0.2, -0.15) is 0 Å². The summed E-state index contributed by atoms with van der Waals surface area (Å²) < 4.78 is 26.2. The molecule has 1 saturated carbocycles. The van der Waals surface area contributed by atoms with Gasteiger partial charge in [-0.1, -0.05) is 19.3 Å². The van der Waals surface area contributed by atoms with Crippen molar-refractivity contribution in [1.29, 1.82) is 0 Å². The van der Waals surface area contributed by atoms with Crippen molar-refractivity contribution in [2.75, 3.05) is 19.3 Å². The first-order valence-corrected chi connectivity index (χ1v) is 9.02. The molecule has 5 heteroatoms. The van der Waals surface area contributed by atoms with Crippen LogP contribution < -0.4 is 0 Å². The Balaban J connectivity index is 1.85. The van der Waals surface area contributed by atoms with Crippen molar-refractivity contribution in [3.8, 4) is 0 Å². The first kappa shape index (κ1) is 15.4. The number of sulfonamides is 1. The van der Waals surface area contributed by atoms with Gasteiger partial charge in [-0.05, 0) is 42.9 Å². The number of likely N-dealkylation sites (N-methyl/N-ethyl adjacent to an activating group) is 1. The minimum atomic E-state index is -3.11. The van der Waals surface area contributed by atoms with E-state index >= 15 is 0 Å². The molecule has 1 heterocycles. The van der Waals surface area contributed by atoms with Crippen LogP contribution in [0.3, 0.4) is 0 Å². The van der Waals surface area contributed by atoms with Crippen molar-refractivity contribution in [2.45, 2.75) is 38.5 Å². The summed E-state index contributed by atoms with van der Waals surface area (Å²) in [5, 5.41) is 0. The molecule has 0 atom stereocenters. The molecule has 0 saturated heterocycles. The zero-order valence-corrected chi connectivity index (χ0v) is 13.0. The lowest BCUT2D eigenvalue weighted by Gasteiger charge is -2.24.